The number of ketones is 1. The van der Waals surface area contributed by atoms with Gasteiger partial charge in [0.05, 0.1) is 21.8 Å². The van der Waals surface area contributed by atoms with E-state index in [9.17, 15) is 32.6 Å². The predicted molar refractivity (Wildman–Crippen MR) is 115 cm³/mol. The Balaban J connectivity index is 0.00000363. The van der Waals surface area contributed by atoms with Crippen LogP contribution in [0.1, 0.15) is 47.2 Å². The van der Waals surface area contributed by atoms with Crippen LogP contribution in [0.4, 0.5) is 17.6 Å². The molecule has 0 unspecified atom stereocenters. The molecule has 176 valence electrons. The van der Waals surface area contributed by atoms with E-state index in [-0.39, 0.29) is 48.6 Å². The van der Waals surface area contributed by atoms with Crippen molar-refractivity contribution in [2.24, 2.45) is 0 Å². The number of aromatic hydroxyl groups is 1. The number of halogens is 6. The number of carbonyl (C=O) groups is 1. The maximum absolute atomic E-state index is 13.1. The van der Waals surface area contributed by atoms with Crippen molar-refractivity contribution in [2.45, 2.75) is 37.5 Å². The third kappa shape index (κ3) is 6.13. The third-order valence-corrected chi connectivity index (χ3v) is 5.96. The first-order valence-corrected chi connectivity index (χ1v) is 10.2. The summed E-state index contributed by atoms with van der Waals surface area (Å²) in [7, 11) is 0. The molecule has 2 N–H and O–H groups in total. The van der Waals surface area contributed by atoms with E-state index in [4.69, 9.17) is 11.6 Å². The molecule has 0 aliphatic carbocycles. The first-order chi connectivity index (χ1) is 14.5. The second kappa shape index (κ2) is 10.4. The van der Waals surface area contributed by atoms with Crippen LogP contribution < -0.4 is 0 Å². The van der Waals surface area contributed by atoms with Crippen LogP contribution in [0.25, 0.3) is 0 Å². The second-order valence-electron chi connectivity index (χ2n) is 7.75. The first-order valence-electron chi connectivity index (χ1n) is 9.83. The van der Waals surface area contributed by atoms with Crippen LogP contribution in [-0.4, -0.2) is 40.5 Å². The quantitative estimate of drug-likeness (QED) is 0.406. The Labute approximate surface area is 194 Å². The number of hydrogen-bond acceptors (Lipinski definition) is 4. The topological polar surface area (TPSA) is 60.8 Å². The van der Waals surface area contributed by atoms with Gasteiger partial charge in [0, 0.05) is 25.6 Å². The van der Waals surface area contributed by atoms with Crippen molar-refractivity contribution in [1.82, 2.24) is 4.90 Å². The van der Waals surface area contributed by atoms with Gasteiger partial charge in [-0.2, -0.15) is 13.2 Å². The van der Waals surface area contributed by atoms with Crippen LogP contribution in [0, 0.1) is 5.82 Å². The molecular formula is C22H23Cl2F4NO3. The van der Waals surface area contributed by atoms with Crippen molar-refractivity contribution in [3.63, 3.8) is 0 Å². The van der Waals surface area contributed by atoms with Crippen LogP contribution in [0.3, 0.4) is 0 Å². The summed E-state index contributed by atoms with van der Waals surface area (Å²) in [6, 6.07) is 6.72. The second-order valence-corrected chi connectivity index (χ2v) is 8.16. The number of hydrogen-bond donors (Lipinski definition) is 2. The highest BCUT2D eigenvalue weighted by atomic mass is 35.5. The molecule has 3 rings (SSSR count). The molecule has 1 fully saturated rings. The Morgan fingerprint density at radius 2 is 1.78 bits per heavy atom. The van der Waals surface area contributed by atoms with E-state index in [0.29, 0.717) is 26.1 Å². The Morgan fingerprint density at radius 1 is 1.12 bits per heavy atom. The number of phenolic OH excluding ortho intramolecular Hbond substituents is 1. The first kappa shape index (κ1) is 26.4. The molecule has 0 radical (unpaired) electrons. The number of nitrogens with zero attached hydrogens (tertiary/aromatic N) is 1. The van der Waals surface area contributed by atoms with Gasteiger partial charge in [-0.1, -0.05) is 17.7 Å². The molecule has 2 aromatic carbocycles. The molecular weight excluding hydrogens is 473 g/mol. The highest BCUT2D eigenvalue weighted by molar-refractivity contribution is 6.31. The lowest BCUT2D eigenvalue weighted by Gasteiger charge is -2.38. The molecule has 4 nitrogen and oxygen atoms in total. The standard InChI is InChI=1S/C22H22ClF4NO3.ClH/c23-18-6-3-14(12-17(18)22(25,26)27)21(31)7-10-28(11-8-21)9-1-2-19(29)16-5-4-15(24)13-20(16)30;/h3-6,12-13,30-31H,1-2,7-11H2;1H. The number of likely N-dealkylation sites (tertiary alicyclic amines) is 1. The zero-order chi connectivity index (χ0) is 22.8. The average Bonchev–Trinajstić information content (AvgIpc) is 2.69. The Kier molecular flexibility index (Phi) is 8.56. The smallest absolute Gasteiger partial charge is 0.417 e. The van der Waals surface area contributed by atoms with Gasteiger partial charge in [-0.3, -0.25) is 4.79 Å². The largest absolute Gasteiger partial charge is 0.507 e. The van der Waals surface area contributed by atoms with Crippen LogP contribution >= 0.6 is 24.0 Å². The van der Waals surface area contributed by atoms with Gasteiger partial charge in [-0.25, -0.2) is 4.39 Å². The fourth-order valence-electron chi connectivity index (χ4n) is 3.81. The van der Waals surface area contributed by atoms with Gasteiger partial charge in [0.2, 0.25) is 0 Å². The summed E-state index contributed by atoms with van der Waals surface area (Å²) in [4.78, 5) is 14.2. The SMILES string of the molecule is Cl.O=C(CCCN1CCC(O)(c2ccc(Cl)c(C(F)(F)F)c2)CC1)c1ccc(F)cc1O. The maximum Gasteiger partial charge on any atom is 0.417 e. The van der Waals surface area contributed by atoms with Crippen molar-refractivity contribution in [3.8, 4) is 5.75 Å². The van der Waals surface area contributed by atoms with Crippen molar-refractivity contribution in [3.05, 3.63) is 63.9 Å². The Bertz CT molecular complexity index is 961. The van der Waals surface area contributed by atoms with E-state index < -0.39 is 33.9 Å². The molecule has 0 saturated carbocycles. The molecule has 32 heavy (non-hydrogen) atoms. The minimum atomic E-state index is -4.60. The number of phenols is 1. The van der Waals surface area contributed by atoms with Crippen LogP contribution in [0.15, 0.2) is 36.4 Å². The van der Waals surface area contributed by atoms with Gasteiger partial charge in [0.15, 0.2) is 5.78 Å². The van der Waals surface area contributed by atoms with Crippen molar-refractivity contribution in [1.29, 1.82) is 0 Å². The van der Waals surface area contributed by atoms with Crippen LogP contribution in [0.2, 0.25) is 5.02 Å². The zero-order valence-electron chi connectivity index (χ0n) is 17.0. The van der Waals surface area contributed by atoms with Crippen LogP contribution in [-0.2, 0) is 11.8 Å². The summed E-state index contributed by atoms with van der Waals surface area (Å²) in [5.41, 5.74) is -2.09. The Hall–Kier alpha value is -1.87. The molecule has 0 spiro atoms. The number of aliphatic hydroxyl groups is 1. The Morgan fingerprint density at radius 3 is 2.38 bits per heavy atom. The summed E-state index contributed by atoms with van der Waals surface area (Å²) < 4.78 is 52.4. The van der Waals surface area contributed by atoms with Gasteiger partial charge >= 0.3 is 6.18 Å². The molecule has 1 aliphatic heterocycles. The molecule has 10 heteroatoms. The summed E-state index contributed by atoms with van der Waals surface area (Å²) in [6.07, 6.45) is -3.45. The minimum Gasteiger partial charge on any atom is -0.507 e. The highest BCUT2D eigenvalue weighted by Crippen LogP contribution is 2.40. The molecule has 0 bridgehead atoms. The monoisotopic (exact) mass is 495 g/mol. The zero-order valence-corrected chi connectivity index (χ0v) is 18.5. The van der Waals surface area contributed by atoms with Gasteiger partial charge in [-0.15, -0.1) is 12.4 Å². The average molecular weight is 496 g/mol. The predicted octanol–water partition coefficient (Wildman–Crippen LogP) is 5.57. The molecule has 1 heterocycles. The summed E-state index contributed by atoms with van der Waals surface area (Å²) >= 11 is 5.66. The van der Waals surface area contributed by atoms with Gasteiger partial charge in [-0.05, 0) is 55.6 Å². The number of benzene rings is 2. The summed E-state index contributed by atoms with van der Waals surface area (Å²) in [5.74, 6) is -1.32. The maximum atomic E-state index is 13.1. The van der Waals surface area contributed by atoms with Gasteiger partial charge in [0.1, 0.15) is 11.6 Å². The molecule has 0 aromatic heterocycles. The lowest BCUT2D eigenvalue weighted by Crippen LogP contribution is -2.43. The van der Waals surface area contributed by atoms with Gasteiger partial charge < -0.3 is 15.1 Å². The fraction of sp³-hybridized carbons (Fsp3) is 0.409. The highest BCUT2D eigenvalue weighted by Gasteiger charge is 2.38. The van der Waals surface area contributed by atoms with Crippen molar-refractivity contribution >= 4 is 29.8 Å². The van der Waals surface area contributed by atoms with Crippen molar-refractivity contribution in [2.75, 3.05) is 19.6 Å². The summed E-state index contributed by atoms with van der Waals surface area (Å²) in [5, 5.41) is 20.2. The number of Topliss-reactive ketones (excluding diaryl/α,β-unsaturated/α-hetero) is 1. The number of rotatable bonds is 6. The van der Waals surface area contributed by atoms with Crippen molar-refractivity contribution < 1.29 is 32.6 Å². The van der Waals surface area contributed by atoms with E-state index in [1.54, 1.807) is 0 Å². The van der Waals surface area contributed by atoms with E-state index in [2.05, 4.69) is 0 Å². The van der Waals surface area contributed by atoms with Gasteiger partial charge in [0.25, 0.3) is 0 Å². The number of alkyl halides is 3. The normalized spacial score (nSPS) is 16.4. The molecule has 0 atom stereocenters. The van der Waals surface area contributed by atoms with E-state index in [0.717, 1.165) is 24.3 Å². The lowest BCUT2D eigenvalue weighted by atomic mass is 9.83. The lowest BCUT2D eigenvalue weighted by molar-refractivity contribution is -0.137. The summed E-state index contributed by atoms with van der Waals surface area (Å²) in [6.45, 7) is 1.46. The minimum absolute atomic E-state index is 0. The number of carbonyl (C=O) groups excluding carboxylic acids is 1. The van der Waals surface area contributed by atoms with E-state index in [1.807, 2.05) is 4.90 Å². The molecule has 1 aliphatic rings. The fourth-order valence-corrected chi connectivity index (χ4v) is 4.03. The molecule has 2 aromatic rings. The third-order valence-electron chi connectivity index (χ3n) is 5.63. The molecule has 0 amide bonds. The van der Waals surface area contributed by atoms with E-state index >= 15 is 0 Å². The van der Waals surface area contributed by atoms with E-state index in [1.165, 1.54) is 12.1 Å². The number of piperidine rings is 1. The van der Waals surface area contributed by atoms with Crippen LogP contribution in [0.5, 0.6) is 5.75 Å². The molecule has 1 saturated heterocycles.